The number of rotatable bonds is 6. The Kier molecular flexibility index (Phi) is 5.13. The number of unbranched alkanes of at least 4 members (excludes halogenated alkanes) is 2. The lowest BCUT2D eigenvalue weighted by Gasteiger charge is -2.08. The second-order valence-electron chi connectivity index (χ2n) is 3.74. The van der Waals surface area contributed by atoms with Crippen molar-refractivity contribution in [1.82, 2.24) is 4.72 Å². The van der Waals surface area contributed by atoms with Crippen LogP contribution in [-0.2, 0) is 10.0 Å². The van der Waals surface area contributed by atoms with E-state index < -0.39 is 15.8 Å². The third-order valence-electron chi connectivity index (χ3n) is 2.30. The summed E-state index contributed by atoms with van der Waals surface area (Å²) in [7, 11) is -3.69. The van der Waals surface area contributed by atoms with Crippen molar-refractivity contribution in [3.63, 3.8) is 0 Å². The molecule has 0 fully saturated rings. The lowest BCUT2D eigenvalue weighted by Crippen LogP contribution is -2.25. The van der Waals surface area contributed by atoms with Gasteiger partial charge in [0.2, 0.25) is 10.0 Å². The lowest BCUT2D eigenvalue weighted by atomic mass is 10.2. The first-order valence-electron chi connectivity index (χ1n) is 5.45. The van der Waals surface area contributed by atoms with E-state index in [1.165, 1.54) is 0 Å². The van der Waals surface area contributed by atoms with Gasteiger partial charge in [0.15, 0.2) is 0 Å². The number of nitrogens with one attached hydrogen (secondary N) is 1. The summed E-state index contributed by atoms with van der Waals surface area (Å²) in [5.41, 5.74) is 5.37. The van der Waals surface area contributed by atoms with Gasteiger partial charge in [-0.2, -0.15) is 0 Å². The molecule has 0 radical (unpaired) electrons. The Morgan fingerprint density at radius 2 is 2.11 bits per heavy atom. The highest BCUT2D eigenvalue weighted by atomic mass is 32.2. The highest BCUT2D eigenvalue weighted by Gasteiger charge is 2.16. The number of hydrogen-bond donors (Lipinski definition) is 2. The maximum absolute atomic E-state index is 12.8. The molecule has 0 saturated heterocycles. The average molecular weight is 270 g/mol. The van der Waals surface area contributed by atoms with Crippen LogP contribution in [0.25, 0.3) is 0 Å². The van der Waals surface area contributed by atoms with Gasteiger partial charge >= 0.3 is 0 Å². The Morgan fingerprint density at radius 1 is 1.39 bits per heavy atom. The molecule has 0 heterocycles. The second-order valence-corrected chi connectivity index (χ2v) is 5.48. The van der Waals surface area contributed by atoms with Gasteiger partial charge in [-0.1, -0.05) is 0 Å². The first-order valence-corrected chi connectivity index (χ1v) is 6.94. The molecule has 18 heavy (non-hydrogen) atoms. The molecule has 4 nitrogen and oxygen atoms in total. The van der Waals surface area contributed by atoms with Crippen LogP contribution in [0.3, 0.4) is 0 Å². The largest absolute Gasteiger partial charge is 0.398 e. The lowest BCUT2D eigenvalue weighted by molar-refractivity contribution is 0.577. The Bertz CT molecular complexity index is 550. The molecule has 0 spiro atoms. The van der Waals surface area contributed by atoms with Crippen LogP contribution < -0.4 is 10.5 Å². The van der Waals surface area contributed by atoms with Crippen LogP contribution in [-0.4, -0.2) is 15.0 Å². The Balaban J connectivity index is 2.66. The van der Waals surface area contributed by atoms with Crippen LogP contribution in [0.2, 0.25) is 0 Å². The van der Waals surface area contributed by atoms with E-state index in [9.17, 15) is 12.8 Å². The van der Waals surface area contributed by atoms with Crippen LogP contribution in [0.5, 0.6) is 0 Å². The van der Waals surface area contributed by atoms with E-state index in [0.717, 1.165) is 24.6 Å². The first kappa shape index (κ1) is 14.5. The summed E-state index contributed by atoms with van der Waals surface area (Å²) < 4.78 is 38.9. The summed E-state index contributed by atoms with van der Waals surface area (Å²) in [6, 6.07) is 3.19. The van der Waals surface area contributed by atoms with E-state index in [1.54, 1.807) is 0 Å². The van der Waals surface area contributed by atoms with E-state index in [2.05, 4.69) is 10.6 Å². The van der Waals surface area contributed by atoms with E-state index in [1.807, 2.05) is 0 Å². The fraction of sp³-hybridized carbons (Fsp3) is 0.333. The van der Waals surface area contributed by atoms with Gasteiger partial charge in [-0.25, -0.2) is 17.5 Å². The third-order valence-corrected chi connectivity index (χ3v) is 3.84. The zero-order valence-corrected chi connectivity index (χ0v) is 10.6. The van der Waals surface area contributed by atoms with Crippen LogP contribution in [0.4, 0.5) is 10.1 Å². The van der Waals surface area contributed by atoms with E-state index in [0.29, 0.717) is 12.8 Å². The monoisotopic (exact) mass is 270 g/mol. The molecule has 0 amide bonds. The molecule has 0 aliphatic carbocycles. The molecule has 1 aromatic carbocycles. The van der Waals surface area contributed by atoms with E-state index in [-0.39, 0.29) is 17.1 Å². The van der Waals surface area contributed by atoms with Crippen LogP contribution in [0.15, 0.2) is 23.1 Å². The fourth-order valence-electron chi connectivity index (χ4n) is 1.40. The summed E-state index contributed by atoms with van der Waals surface area (Å²) in [5.74, 6) is 1.90. The molecular weight excluding hydrogens is 255 g/mol. The van der Waals surface area contributed by atoms with Crippen molar-refractivity contribution < 1.29 is 12.8 Å². The minimum atomic E-state index is -3.69. The molecule has 0 atom stereocenters. The maximum Gasteiger partial charge on any atom is 0.242 e. The molecule has 0 aromatic heterocycles. The number of terminal acetylenes is 1. The van der Waals surface area contributed by atoms with Gasteiger partial charge < -0.3 is 5.73 Å². The number of benzene rings is 1. The van der Waals surface area contributed by atoms with E-state index >= 15 is 0 Å². The second kappa shape index (κ2) is 6.38. The number of halogens is 1. The molecule has 1 rings (SSSR count). The Labute approximate surface area is 106 Å². The molecule has 0 aliphatic rings. The normalized spacial score (nSPS) is 11.1. The number of hydrogen-bond acceptors (Lipinski definition) is 3. The summed E-state index contributed by atoms with van der Waals surface area (Å²) in [5, 5.41) is 0. The highest BCUT2D eigenvalue weighted by Crippen LogP contribution is 2.18. The standard InChI is InChI=1S/C12H15FN2O2S/c1-2-3-4-5-8-15-18(16,17)12-7-6-10(13)9-11(12)14/h1,6-7,9,15H,3-5,8,14H2. The van der Waals surface area contributed by atoms with Gasteiger partial charge in [-0.05, 0) is 31.0 Å². The number of nitrogen functional groups attached to an aromatic ring is 1. The summed E-state index contributed by atoms with van der Waals surface area (Å²) in [4.78, 5) is -0.110. The molecule has 0 saturated carbocycles. The van der Waals surface area contributed by atoms with Gasteiger partial charge in [0.1, 0.15) is 10.7 Å². The van der Waals surface area contributed by atoms with Gasteiger partial charge in [0.05, 0.1) is 5.69 Å². The molecule has 0 aliphatic heterocycles. The predicted octanol–water partition coefficient (Wildman–Crippen LogP) is 1.49. The van der Waals surface area contributed by atoms with Crippen molar-refractivity contribution in [1.29, 1.82) is 0 Å². The quantitative estimate of drug-likeness (QED) is 0.467. The topological polar surface area (TPSA) is 72.2 Å². The zero-order chi connectivity index (χ0) is 13.6. The van der Waals surface area contributed by atoms with Crippen molar-refractivity contribution in [3.8, 4) is 12.3 Å². The van der Waals surface area contributed by atoms with Crippen molar-refractivity contribution in [2.45, 2.75) is 24.2 Å². The average Bonchev–Trinajstić information content (AvgIpc) is 2.28. The Morgan fingerprint density at radius 3 is 2.72 bits per heavy atom. The first-order chi connectivity index (χ1) is 8.47. The molecular formula is C12H15FN2O2S. The summed E-state index contributed by atoms with van der Waals surface area (Å²) in [6.45, 7) is 0.279. The fourth-order valence-corrected chi connectivity index (χ4v) is 2.59. The van der Waals surface area contributed by atoms with Crippen LogP contribution in [0.1, 0.15) is 19.3 Å². The molecule has 0 unspecified atom stereocenters. The van der Waals surface area contributed by atoms with Crippen LogP contribution in [0, 0.1) is 18.2 Å². The highest BCUT2D eigenvalue weighted by molar-refractivity contribution is 7.89. The summed E-state index contributed by atoms with van der Waals surface area (Å²) in [6.07, 6.45) is 7.08. The number of anilines is 1. The smallest absolute Gasteiger partial charge is 0.242 e. The number of sulfonamides is 1. The van der Waals surface area contributed by atoms with Gasteiger partial charge in [0, 0.05) is 13.0 Å². The molecule has 0 bridgehead atoms. The van der Waals surface area contributed by atoms with Crippen molar-refractivity contribution in [3.05, 3.63) is 24.0 Å². The van der Waals surface area contributed by atoms with Gasteiger partial charge in [0.25, 0.3) is 0 Å². The third kappa shape index (κ3) is 4.02. The summed E-state index contributed by atoms with van der Waals surface area (Å²) >= 11 is 0. The SMILES string of the molecule is C#CCCCCNS(=O)(=O)c1ccc(F)cc1N. The zero-order valence-electron chi connectivity index (χ0n) is 9.82. The van der Waals surface area contributed by atoms with Crippen molar-refractivity contribution >= 4 is 15.7 Å². The minimum absolute atomic E-state index is 0.105. The maximum atomic E-state index is 12.8. The minimum Gasteiger partial charge on any atom is -0.398 e. The number of nitrogens with two attached hydrogens (primary N) is 1. The molecule has 3 N–H and O–H groups in total. The van der Waals surface area contributed by atoms with E-state index in [4.69, 9.17) is 12.2 Å². The van der Waals surface area contributed by atoms with Crippen LogP contribution >= 0.6 is 0 Å². The molecule has 6 heteroatoms. The predicted molar refractivity (Wildman–Crippen MR) is 68.7 cm³/mol. The molecule has 98 valence electrons. The van der Waals surface area contributed by atoms with Gasteiger partial charge in [-0.3, -0.25) is 0 Å². The van der Waals surface area contributed by atoms with Gasteiger partial charge in [-0.15, -0.1) is 12.3 Å². The van der Waals surface area contributed by atoms with Crippen molar-refractivity contribution in [2.75, 3.05) is 12.3 Å². The van der Waals surface area contributed by atoms with Crippen molar-refractivity contribution in [2.24, 2.45) is 0 Å². The Hall–Kier alpha value is -1.58. The molecule has 1 aromatic rings.